The van der Waals surface area contributed by atoms with E-state index in [-0.39, 0.29) is 26.8 Å². The quantitative estimate of drug-likeness (QED) is 0.500. The number of halogens is 1. The van der Waals surface area contributed by atoms with Gasteiger partial charge in [0.05, 0.1) is 6.61 Å². The average Bonchev–Trinajstić information content (AvgIpc) is 2.50. The standard InChI is InChI=1S/C6H9N3O3.ClOP/c1-5-7-4-6(9(11)12)8(5)2-3-10;1-3-2/h4,10H,2-3H2,1H3;. The lowest BCUT2D eigenvalue weighted by molar-refractivity contribution is -0.392. The van der Waals surface area contributed by atoms with Gasteiger partial charge in [-0.15, -0.1) is 0 Å². The maximum Gasteiger partial charge on any atom is 0.342 e. The Morgan fingerprint density at radius 1 is 1.80 bits per heavy atom. The molecule has 1 heterocycles. The Labute approximate surface area is 91.8 Å². The fourth-order valence-corrected chi connectivity index (χ4v) is 0.978. The van der Waals surface area contributed by atoms with Crippen LogP contribution in [0.3, 0.4) is 0 Å². The van der Waals surface area contributed by atoms with Crippen LogP contribution in [0, 0.1) is 17.0 Å². The highest BCUT2D eigenvalue weighted by atomic mass is 35.7. The Morgan fingerprint density at radius 3 is 2.73 bits per heavy atom. The molecule has 7 nitrogen and oxygen atoms in total. The number of rotatable bonds is 3. The van der Waals surface area contributed by atoms with Crippen molar-refractivity contribution in [2.24, 2.45) is 0 Å². The highest BCUT2D eigenvalue weighted by Gasteiger charge is 2.15. The number of nitro groups is 1. The molecule has 1 rings (SSSR count). The van der Waals surface area contributed by atoms with Crippen LogP contribution in [0.5, 0.6) is 0 Å². The first kappa shape index (κ1) is 14.0. The predicted octanol–water partition coefficient (Wildman–Crippen LogP) is 1.52. The van der Waals surface area contributed by atoms with E-state index in [0.717, 1.165) is 0 Å². The summed E-state index contributed by atoms with van der Waals surface area (Å²) in [5.74, 6) is 0.456. The van der Waals surface area contributed by atoms with Gasteiger partial charge in [0.2, 0.25) is 0 Å². The van der Waals surface area contributed by atoms with Crippen molar-refractivity contribution in [3.8, 4) is 0 Å². The van der Waals surface area contributed by atoms with Gasteiger partial charge in [-0.1, -0.05) is 0 Å². The molecule has 0 fully saturated rings. The molecule has 84 valence electrons. The smallest absolute Gasteiger partial charge is 0.342 e. The lowest BCUT2D eigenvalue weighted by atomic mass is 10.6. The molecule has 0 unspecified atom stereocenters. The first-order valence-corrected chi connectivity index (χ1v) is 5.51. The summed E-state index contributed by atoms with van der Waals surface area (Å²) in [4.78, 5) is 13.6. The van der Waals surface area contributed by atoms with E-state index in [1.807, 2.05) is 0 Å². The summed E-state index contributed by atoms with van der Waals surface area (Å²) in [6.07, 6.45) is 1.19. The Hall–Kier alpha value is -1.04. The third kappa shape index (κ3) is 4.33. The SMILES string of the molecule is Cc1ncc([N+](=O)[O-])n1CCO.O=PCl. The number of aryl methyl sites for hydroxylation is 1. The zero-order valence-corrected chi connectivity index (χ0v) is 9.48. The maximum atomic E-state index is 10.4. The van der Waals surface area contributed by atoms with Crippen LogP contribution in [0.25, 0.3) is 0 Å². The van der Waals surface area contributed by atoms with Crippen molar-refractivity contribution in [1.82, 2.24) is 9.55 Å². The normalized spacial score (nSPS) is 9.53. The minimum absolute atomic E-state index is 0.0819. The van der Waals surface area contributed by atoms with Gasteiger partial charge in [0.15, 0.2) is 5.82 Å². The number of aliphatic hydroxyl groups is 1. The molecule has 0 saturated heterocycles. The zero-order chi connectivity index (χ0) is 11.8. The summed E-state index contributed by atoms with van der Waals surface area (Å²) in [6, 6.07) is 0. The fraction of sp³-hybridized carbons (Fsp3) is 0.500. The number of nitrogens with zero attached hydrogens (tertiary/aromatic N) is 3. The van der Waals surface area contributed by atoms with Crippen LogP contribution >= 0.6 is 19.1 Å². The van der Waals surface area contributed by atoms with Gasteiger partial charge in [-0.2, -0.15) is 0 Å². The van der Waals surface area contributed by atoms with Gasteiger partial charge in [-0.05, 0) is 16.2 Å². The van der Waals surface area contributed by atoms with Crippen molar-refractivity contribution in [1.29, 1.82) is 0 Å². The minimum Gasteiger partial charge on any atom is -0.392 e. The number of hydrogen-bond donors (Lipinski definition) is 1. The lowest BCUT2D eigenvalue weighted by Crippen LogP contribution is -2.07. The molecule has 15 heavy (non-hydrogen) atoms. The van der Waals surface area contributed by atoms with Crippen molar-refractivity contribution < 1.29 is 14.6 Å². The van der Waals surface area contributed by atoms with E-state index in [4.69, 9.17) is 9.67 Å². The van der Waals surface area contributed by atoms with Gasteiger partial charge in [0.25, 0.3) is 7.81 Å². The molecule has 0 aromatic carbocycles. The molecule has 0 aliphatic heterocycles. The molecular formula is C6H9ClN3O4P. The molecule has 1 aromatic rings. The monoisotopic (exact) mass is 253 g/mol. The van der Waals surface area contributed by atoms with Crippen LogP contribution < -0.4 is 0 Å². The summed E-state index contributed by atoms with van der Waals surface area (Å²) in [5.41, 5.74) is 0. The predicted molar refractivity (Wildman–Crippen MR) is 54.2 cm³/mol. The highest BCUT2D eigenvalue weighted by Crippen LogP contribution is 2.12. The first-order chi connectivity index (χ1) is 7.08. The van der Waals surface area contributed by atoms with E-state index in [1.165, 1.54) is 10.8 Å². The second-order valence-electron chi connectivity index (χ2n) is 2.36. The van der Waals surface area contributed by atoms with Gasteiger partial charge in [-0.3, -0.25) is 4.57 Å². The largest absolute Gasteiger partial charge is 0.392 e. The number of hydrogen-bond acceptors (Lipinski definition) is 5. The molecule has 0 saturated carbocycles. The third-order valence-electron chi connectivity index (χ3n) is 1.54. The Balaban J connectivity index is 0.000000583. The summed E-state index contributed by atoms with van der Waals surface area (Å²) < 4.78 is 10.0. The number of aromatic nitrogens is 2. The molecule has 1 aromatic heterocycles. The molecule has 0 atom stereocenters. The summed E-state index contributed by atoms with van der Waals surface area (Å²) in [5, 5.41) is 19.0. The third-order valence-corrected chi connectivity index (χ3v) is 1.54. The second kappa shape index (κ2) is 7.28. The molecule has 0 spiro atoms. The van der Waals surface area contributed by atoms with E-state index in [0.29, 0.717) is 5.82 Å². The van der Waals surface area contributed by atoms with Crippen molar-refractivity contribution in [3.05, 3.63) is 22.1 Å². The Kier molecular flexibility index (Phi) is 6.77. The molecule has 9 heteroatoms. The fourth-order valence-electron chi connectivity index (χ4n) is 0.978. The van der Waals surface area contributed by atoms with Crippen molar-refractivity contribution in [3.63, 3.8) is 0 Å². The van der Waals surface area contributed by atoms with Gasteiger partial charge in [0, 0.05) is 6.92 Å². The topological polar surface area (TPSA) is 98.3 Å². The molecule has 0 bridgehead atoms. The lowest BCUT2D eigenvalue weighted by Gasteiger charge is -1.98. The van der Waals surface area contributed by atoms with E-state index in [2.05, 4.69) is 16.2 Å². The van der Waals surface area contributed by atoms with Crippen LogP contribution in [0.15, 0.2) is 6.20 Å². The maximum absolute atomic E-state index is 10.4. The van der Waals surface area contributed by atoms with Gasteiger partial charge < -0.3 is 15.2 Å². The molecular weight excluding hydrogens is 245 g/mol. The van der Waals surface area contributed by atoms with Crippen LogP contribution in [0.2, 0.25) is 0 Å². The Morgan fingerprint density at radius 2 is 2.33 bits per heavy atom. The molecule has 1 N–H and O–H groups in total. The van der Waals surface area contributed by atoms with Crippen LogP contribution in [0.4, 0.5) is 5.82 Å². The second-order valence-corrected chi connectivity index (χ2v) is 2.92. The first-order valence-electron chi connectivity index (χ1n) is 3.79. The molecule has 0 amide bonds. The zero-order valence-electron chi connectivity index (χ0n) is 7.83. The van der Waals surface area contributed by atoms with Crippen LogP contribution in [-0.4, -0.2) is 26.2 Å². The highest BCUT2D eigenvalue weighted by molar-refractivity contribution is 7.57. The van der Waals surface area contributed by atoms with Crippen molar-refractivity contribution >= 4 is 24.9 Å². The summed E-state index contributed by atoms with van der Waals surface area (Å²) in [6.45, 7) is 1.74. The Bertz CT molecular complexity index is 343. The van der Waals surface area contributed by atoms with Crippen molar-refractivity contribution in [2.45, 2.75) is 13.5 Å². The van der Waals surface area contributed by atoms with E-state index in [9.17, 15) is 10.1 Å². The van der Waals surface area contributed by atoms with Gasteiger partial charge >= 0.3 is 5.82 Å². The van der Waals surface area contributed by atoms with Crippen LogP contribution in [0.1, 0.15) is 5.82 Å². The number of imidazole rings is 1. The van der Waals surface area contributed by atoms with Gasteiger partial charge in [0.1, 0.15) is 12.7 Å². The molecule has 0 aliphatic rings. The van der Waals surface area contributed by atoms with E-state index >= 15 is 0 Å². The molecule has 0 radical (unpaired) electrons. The van der Waals surface area contributed by atoms with Crippen molar-refractivity contribution in [2.75, 3.05) is 6.61 Å². The van der Waals surface area contributed by atoms with E-state index in [1.54, 1.807) is 6.92 Å². The number of aliphatic hydroxyl groups excluding tert-OH is 1. The summed E-state index contributed by atoms with van der Waals surface area (Å²) in [7, 11) is -0.361. The van der Waals surface area contributed by atoms with Crippen LogP contribution in [-0.2, 0) is 11.1 Å². The summed E-state index contributed by atoms with van der Waals surface area (Å²) >= 11 is 4.42. The minimum atomic E-state index is -0.518. The van der Waals surface area contributed by atoms with E-state index < -0.39 is 4.92 Å². The average molecular weight is 254 g/mol. The van der Waals surface area contributed by atoms with Gasteiger partial charge in [-0.25, -0.2) is 9.55 Å². The molecule has 0 aliphatic carbocycles.